The fraction of sp³-hybridized carbons (Fsp3) is 0.333. The number of aliphatic hydroxyl groups is 1. The summed E-state index contributed by atoms with van der Waals surface area (Å²) in [7, 11) is 0. The molecule has 0 fully saturated rings. The Labute approximate surface area is 140 Å². The lowest BCUT2D eigenvalue weighted by atomic mass is 9.92. The maximum atomic E-state index is 12.5. The van der Waals surface area contributed by atoms with Gasteiger partial charge in [0.15, 0.2) is 0 Å². The normalized spacial score (nSPS) is 13.6. The van der Waals surface area contributed by atoms with Crippen LogP contribution in [-0.2, 0) is 0 Å². The van der Waals surface area contributed by atoms with Gasteiger partial charge in [-0.2, -0.15) is 0 Å². The van der Waals surface area contributed by atoms with Gasteiger partial charge in [-0.15, -0.1) is 11.3 Å². The van der Waals surface area contributed by atoms with Gasteiger partial charge in [0.2, 0.25) is 5.78 Å². The lowest BCUT2D eigenvalue weighted by Crippen LogP contribution is -2.44. The summed E-state index contributed by atoms with van der Waals surface area (Å²) in [6.07, 6.45) is 0. The number of rotatable bonds is 6. The third kappa shape index (κ3) is 4.06. The molecule has 0 spiro atoms. The fourth-order valence-electron chi connectivity index (χ4n) is 1.98. The molecule has 0 aliphatic heterocycles. The predicted octanol–water partition coefficient (Wildman–Crippen LogP) is 3.12. The van der Waals surface area contributed by atoms with E-state index in [0.29, 0.717) is 16.0 Å². The summed E-state index contributed by atoms with van der Waals surface area (Å²) < 4.78 is 0. The maximum absolute atomic E-state index is 12.5. The first-order valence-electron chi connectivity index (χ1n) is 7.50. The van der Waals surface area contributed by atoms with Crippen LogP contribution < -0.4 is 5.32 Å². The molecule has 0 aliphatic carbocycles. The van der Waals surface area contributed by atoms with Crippen LogP contribution in [0.4, 0.5) is 0 Å². The summed E-state index contributed by atoms with van der Waals surface area (Å²) in [5.74, 6) is -0.515. The number of thiophene rings is 1. The minimum atomic E-state index is -0.998. The summed E-state index contributed by atoms with van der Waals surface area (Å²) in [4.78, 5) is 25.6. The molecular weight excluding hydrogens is 310 g/mol. The topological polar surface area (TPSA) is 66.4 Å². The number of amides is 1. The van der Waals surface area contributed by atoms with Gasteiger partial charge in [-0.3, -0.25) is 9.59 Å². The average Bonchev–Trinajstić information content (AvgIpc) is 3.06. The molecule has 1 unspecified atom stereocenters. The molecule has 0 radical (unpaired) electrons. The Balaban J connectivity index is 2.20. The number of hydrogen-bond donors (Lipinski definition) is 2. The van der Waals surface area contributed by atoms with Crippen LogP contribution in [0.1, 0.15) is 46.4 Å². The highest BCUT2D eigenvalue weighted by molar-refractivity contribution is 7.12. The van der Waals surface area contributed by atoms with E-state index in [0.717, 1.165) is 0 Å². The van der Waals surface area contributed by atoms with Gasteiger partial charge in [-0.1, -0.05) is 38.1 Å². The van der Waals surface area contributed by atoms with Gasteiger partial charge in [0.05, 0.1) is 16.0 Å². The monoisotopic (exact) mass is 331 g/mol. The molecule has 4 nitrogen and oxygen atoms in total. The Morgan fingerprint density at radius 3 is 2.39 bits per heavy atom. The second-order valence-corrected chi connectivity index (χ2v) is 6.99. The molecule has 0 bridgehead atoms. The zero-order valence-corrected chi connectivity index (χ0v) is 14.3. The van der Waals surface area contributed by atoms with Crippen LogP contribution in [0.3, 0.4) is 0 Å². The molecule has 2 aromatic rings. The quantitative estimate of drug-likeness (QED) is 0.799. The van der Waals surface area contributed by atoms with Crippen LogP contribution in [0.5, 0.6) is 0 Å². The number of nitrogens with one attached hydrogen (secondary N) is 1. The zero-order chi connectivity index (χ0) is 17.0. The van der Waals surface area contributed by atoms with Gasteiger partial charge in [-0.05, 0) is 30.4 Å². The summed E-state index contributed by atoms with van der Waals surface area (Å²) >= 11 is 1.35. The first kappa shape index (κ1) is 17.4. The van der Waals surface area contributed by atoms with Crippen molar-refractivity contribution in [1.29, 1.82) is 0 Å². The largest absolute Gasteiger partial charge is 0.388 e. The summed E-state index contributed by atoms with van der Waals surface area (Å²) in [6, 6.07) is 10.3. The van der Waals surface area contributed by atoms with Crippen molar-refractivity contribution >= 4 is 23.0 Å². The minimum absolute atomic E-state index is 0.00537. The fourth-order valence-corrected chi connectivity index (χ4v) is 2.66. The van der Waals surface area contributed by atoms with Crippen molar-refractivity contribution in [3.63, 3.8) is 0 Å². The molecule has 1 aromatic heterocycles. The average molecular weight is 331 g/mol. The van der Waals surface area contributed by atoms with E-state index in [4.69, 9.17) is 0 Å². The van der Waals surface area contributed by atoms with Crippen molar-refractivity contribution in [3.05, 3.63) is 57.8 Å². The molecule has 2 N–H and O–H groups in total. The first-order chi connectivity index (χ1) is 10.8. The van der Waals surface area contributed by atoms with Crippen molar-refractivity contribution in [3.8, 4) is 0 Å². The second-order valence-electron chi connectivity index (χ2n) is 6.05. The third-order valence-corrected chi connectivity index (χ3v) is 4.88. The Bertz CT molecular complexity index is 690. The lowest BCUT2D eigenvalue weighted by molar-refractivity contribution is 0.0142. The number of carbonyl (C=O) groups is 2. The van der Waals surface area contributed by atoms with Crippen molar-refractivity contribution in [2.24, 2.45) is 5.92 Å². The first-order valence-corrected chi connectivity index (χ1v) is 8.38. The molecule has 122 valence electrons. The molecule has 1 amide bonds. The van der Waals surface area contributed by atoms with Crippen LogP contribution in [0.15, 0.2) is 41.8 Å². The van der Waals surface area contributed by atoms with Crippen LogP contribution >= 0.6 is 11.3 Å². The Morgan fingerprint density at radius 2 is 1.83 bits per heavy atom. The van der Waals surface area contributed by atoms with Crippen LogP contribution in [-0.4, -0.2) is 28.9 Å². The minimum Gasteiger partial charge on any atom is -0.388 e. The molecule has 23 heavy (non-hydrogen) atoms. The number of hydrogen-bond acceptors (Lipinski definition) is 4. The van der Waals surface area contributed by atoms with E-state index in [1.807, 2.05) is 19.2 Å². The molecule has 1 heterocycles. The highest BCUT2D eigenvalue weighted by Crippen LogP contribution is 2.19. The SMILES string of the molecule is CC(C)C(C)(O)CNC(=O)c1ccccc1C(=O)c1cccs1. The molecule has 5 heteroatoms. The second kappa shape index (κ2) is 7.06. The molecule has 2 rings (SSSR count). The highest BCUT2D eigenvalue weighted by atomic mass is 32.1. The number of benzene rings is 1. The van der Waals surface area contributed by atoms with Crippen LogP contribution in [0.25, 0.3) is 0 Å². The van der Waals surface area contributed by atoms with E-state index in [-0.39, 0.29) is 24.2 Å². The smallest absolute Gasteiger partial charge is 0.252 e. The Hall–Kier alpha value is -1.98. The van der Waals surface area contributed by atoms with Crippen LogP contribution in [0, 0.1) is 5.92 Å². The van der Waals surface area contributed by atoms with Crippen molar-refractivity contribution in [2.75, 3.05) is 6.54 Å². The van der Waals surface area contributed by atoms with Crippen molar-refractivity contribution in [1.82, 2.24) is 5.32 Å². The van der Waals surface area contributed by atoms with Gasteiger partial charge >= 0.3 is 0 Å². The van der Waals surface area contributed by atoms with E-state index >= 15 is 0 Å². The van der Waals surface area contributed by atoms with E-state index in [2.05, 4.69) is 5.32 Å². The maximum Gasteiger partial charge on any atom is 0.252 e. The number of carbonyl (C=O) groups excluding carboxylic acids is 2. The van der Waals surface area contributed by atoms with E-state index in [1.54, 1.807) is 43.3 Å². The molecule has 1 aromatic carbocycles. The summed E-state index contributed by atoms with van der Waals surface area (Å²) in [5.41, 5.74) is -0.301. The standard InChI is InChI=1S/C18H21NO3S/c1-12(2)18(3,22)11-19-17(21)14-8-5-4-7-13(14)16(20)15-9-6-10-23-15/h4-10,12,22H,11H2,1-3H3,(H,19,21). The van der Waals surface area contributed by atoms with Gasteiger partial charge in [0, 0.05) is 12.1 Å². The van der Waals surface area contributed by atoms with Gasteiger partial charge in [0.1, 0.15) is 0 Å². The number of ketones is 1. The van der Waals surface area contributed by atoms with Crippen molar-refractivity contribution in [2.45, 2.75) is 26.4 Å². The van der Waals surface area contributed by atoms with Crippen molar-refractivity contribution < 1.29 is 14.7 Å². The molecule has 0 aliphatic rings. The van der Waals surface area contributed by atoms with Gasteiger partial charge < -0.3 is 10.4 Å². The summed E-state index contributed by atoms with van der Waals surface area (Å²) in [5, 5.41) is 14.8. The van der Waals surface area contributed by atoms with Gasteiger partial charge in [-0.25, -0.2) is 0 Å². The molecule has 1 atom stereocenters. The Kier molecular flexibility index (Phi) is 5.34. The Morgan fingerprint density at radius 1 is 1.17 bits per heavy atom. The van der Waals surface area contributed by atoms with E-state index in [1.165, 1.54) is 11.3 Å². The third-order valence-electron chi connectivity index (χ3n) is 4.01. The molecule has 0 saturated heterocycles. The van der Waals surface area contributed by atoms with E-state index in [9.17, 15) is 14.7 Å². The van der Waals surface area contributed by atoms with Crippen LogP contribution in [0.2, 0.25) is 0 Å². The lowest BCUT2D eigenvalue weighted by Gasteiger charge is -2.27. The molecule has 0 saturated carbocycles. The zero-order valence-electron chi connectivity index (χ0n) is 13.5. The molecular formula is C18H21NO3S. The van der Waals surface area contributed by atoms with Gasteiger partial charge in [0.25, 0.3) is 5.91 Å². The highest BCUT2D eigenvalue weighted by Gasteiger charge is 2.26. The predicted molar refractivity (Wildman–Crippen MR) is 92.0 cm³/mol. The summed E-state index contributed by atoms with van der Waals surface area (Å²) in [6.45, 7) is 5.59. The van der Waals surface area contributed by atoms with E-state index < -0.39 is 5.60 Å².